The third-order valence-corrected chi connectivity index (χ3v) is 3.81. The zero-order valence-electron chi connectivity index (χ0n) is 11.3. The monoisotopic (exact) mass is 274 g/mol. The predicted octanol–water partition coefficient (Wildman–Crippen LogP) is 3.61. The van der Waals surface area contributed by atoms with Crippen molar-refractivity contribution >= 4 is 36.5 Å². The van der Waals surface area contributed by atoms with Gasteiger partial charge in [0.1, 0.15) is 0 Å². The average molecular weight is 274 g/mol. The van der Waals surface area contributed by atoms with Crippen molar-refractivity contribution in [2.75, 3.05) is 0 Å². The number of hydrogen-bond donors (Lipinski definition) is 1. The number of hydrogen-bond acceptors (Lipinski definition) is 0. The Morgan fingerprint density at radius 1 is 1.05 bits per heavy atom. The van der Waals surface area contributed by atoms with Gasteiger partial charge in [0.15, 0.2) is 11.9 Å². The Kier molecular flexibility index (Phi) is 2.74. The normalized spacial score (nSPS) is 15.3. The van der Waals surface area contributed by atoms with E-state index in [-0.39, 0.29) is 0 Å². The van der Waals surface area contributed by atoms with Crippen LogP contribution in [0.1, 0.15) is 16.8 Å². The average Bonchev–Trinajstić information content (AvgIpc) is 3.10. The topological polar surface area (TPSA) is 18.8 Å². The predicted molar refractivity (Wildman–Crippen MR) is 84.9 cm³/mol. The van der Waals surface area contributed by atoms with Gasteiger partial charge >= 0.3 is 7.69 Å². The molecule has 0 saturated carbocycles. The third-order valence-electron chi connectivity index (χ3n) is 3.81. The van der Waals surface area contributed by atoms with E-state index in [2.05, 4.69) is 17.1 Å². The van der Waals surface area contributed by atoms with Crippen molar-refractivity contribution < 1.29 is 8.80 Å². The molecule has 99 valence electrons. The van der Waals surface area contributed by atoms with Gasteiger partial charge in [0.2, 0.25) is 0 Å². The van der Waals surface area contributed by atoms with Crippen molar-refractivity contribution in [3.05, 3.63) is 71.5 Å². The lowest BCUT2D eigenvalue weighted by molar-refractivity contribution is -0.265. The van der Waals surface area contributed by atoms with Crippen molar-refractivity contribution in [2.45, 2.75) is 0 Å². The van der Waals surface area contributed by atoms with Crippen LogP contribution in [-0.2, 0) is 0 Å². The van der Waals surface area contributed by atoms with Gasteiger partial charge < -0.3 is 4.98 Å². The summed E-state index contributed by atoms with van der Waals surface area (Å²) in [6.07, 6.45) is 5.75. The lowest BCUT2D eigenvalue weighted by atomic mass is 10.1. The first kappa shape index (κ1) is 12.2. The Bertz CT molecular complexity index is 892. The summed E-state index contributed by atoms with van der Waals surface area (Å²) >= 11 is 0. The molecular weight excluding hydrogens is 262 g/mol. The number of nitrogens with zero attached hydrogens (tertiary/aromatic N) is 1. The largest absolute Gasteiger partial charge is 0.792 e. The molecule has 2 aromatic carbocycles. The second-order valence-corrected chi connectivity index (χ2v) is 5.04. The fraction of sp³-hybridized carbons (Fsp3) is 0. The first-order chi connectivity index (χ1) is 10.4. The van der Waals surface area contributed by atoms with Crippen LogP contribution in [0.3, 0.4) is 0 Å². The van der Waals surface area contributed by atoms with Crippen LogP contribution in [0.4, 0.5) is 4.32 Å². The molecule has 2 heterocycles. The van der Waals surface area contributed by atoms with Gasteiger partial charge in [0.25, 0.3) is 0 Å². The molecule has 4 heteroatoms. The van der Waals surface area contributed by atoms with E-state index in [9.17, 15) is 4.32 Å². The Balaban J connectivity index is 1.91. The highest BCUT2D eigenvalue weighted by atomic mass is 19.1. The second kappa shape index (κ2) is 4.74. The van der Waals surface area contributed by atoms with E-state index in [0.29, 0.717) is 7.69 Å². The SMILES string of the molecule is F[B][N+]1=Cc2ccccc2/C1=C/c1[nH]cc2ccccc12. The van der Waals surface area contributed by atoms with Crippen LogP contribution in [0.2, 0.25) is 0 Å². The Labute approximate surface area is 122 Å². The Morgan fingerprint density at radius 3 is 2.76 bits per heavy atom. The minimum Gasteiger partial charge on any atom is -0.360 e. The van der Waals surface area contributed by atoms with Gasteiger partial charge in [0, 0.05) is 23.2 Å². The standard InChI is InChI=1S/C17H12BFN2/c19-18-21-11-13-6-2-4-8-15(13)17(21)9-16-14-7-3-1-5-12(14)10-20-16/h1-11,20H/q+1. The second-order valence-electron chi connectivity index (χ2n) is 5.04. The van der Waals surface area contributed by atoms with Crippen LogP contribution >= 0.6 is 0 Å². The maximum atomic E-state index is 13.2. The van der Waals surface area contributed by atoms with Crippen LogP contribution < -0.4 is 0 Å². The summed E-state index contributed by atoms with van der Waals surface area (Å²) in [7, 11) is 0.594. The molecule has 1 aliphatic rings. The number of aromatic amines is 1. The molecule has 0 spiro atoms. The van der Waals surface area contributed by atoms with Crippen molar-refractivity contribution in [2.24, 2.45) is 0 Å². The molecular formula is C17H12BFN2+. The molecule has 1 N–H and O–H groups in total. The number of rotatable bonds is 2. The van der Waals surface area contributed by atoms with E-state index < -0.39 is 0 Å². The van der Waals surface area contributed by atoms with Gasteiger partial charge in [0.05, 0.1) is 11.3 Å². The van der Waals surface area contributed by atoms with Gasteiger partial charge in [-0.3, -0.25) is 0 Å². The lowest BCUT2D eigenvalue weighted by Gasteiger charge is -1.98. The molecule has 1 aromatic heterocycles. The number of halogens is 1. The number of fused-ring (bicyclic) bond motifs is 2. The molecule has 1 radical (unpaired) electrons. The first-order valence-corrected chi connectivity index (χ1v) is 6.81. The summed E-state index contributed by atoms with van der Waals surface area (Å²) in [6.45, 7) is 0. The molecule has 3 aromatic rings. The molecule has 21 heavy (non-hydrogen) atoms. The van der Waals surface area contributed by atoms with E-state index in [1.54, 1.807) is 6.21 Å². The zero-order valence-corrected chi connectivity index (χ0v) is 11.3. The molecule has 0 bridgehead atoms. The molecule has 2 nitrogen and oxygen atoms in total. The van der Waals surface area contributed by atoms with Gasteiger partial charge in [-0.25, -0.2) is 8.80 Å². The quantitative estimate of drug-likeness (QED) is 0.688. The fourth-order valence-corrected chi connectivity index (χ4v) is 2.79. The van der Waals surface area contributed by atoms with Crippen LogP contribution in [0.25, 0.3) is 22.5 Å². The Hall–Kier alpha value is -2.62. The van der Waals surface area contributed by atoms with Gasteiger partial charge in [-0.05, 0) is 17.5 Å². The minimum absolute atomic E-state index is 0.594. The maximum absolute atomic E-state index is 13.2. The summed E-state index contributed by atoms with van der Waals surface area (Å²) in [5.74, 6) is 0. The first-order valence-electron chi connectivity index (χ1n) is 6.81. The van der Waals surface area contributed by atoms with Gasteiger partial charge in [-0.1, -0.05) is 36.4 Å². The van der Waals surface area contributed by atoms with Gasteiger partial charge in [-0.15, -0.1) is 0 Å². The van der Waals surface area contributed by atoms with E-state index in [0.717, 1.165) is 33.3 Å². The van der Waals surface area contributed by atoms with Crippen molar-refractivity contribution in [3.8, 4) is 0 Å². The van der Waals surface area contributed by atoms with Crippen LogP contribution in [0.5, 0.6) is 0 Å². The van der Waals surface area contributed by atoms with E-state index in [4.69, 9.17) is 0 Å². The summed E-state index contributed by atoms with van der Waals surface area (Å²) in [4.78, 5) is 3.26. The molecule has 0 saturated heterocycles. The van der Waals surface area contributed by atoms with Crippen LogP contribution in [0, 0.1) is 0 Å². The highest BCUT2D eigenvalue weighted by Gasteiger charge is 2.28. The molecule has 4 rings (SSSR count). The number of H-pyrrole nitrogens is 1. The van der Waals surface area contributed by atoms with Crippen molar-refractivity contribution in [1.82, 2.24) is 4.98 Å². The summed E-state index contributed by atoms with van der Waals surface area (Å²) in [5, 5.41) is 2.28. The minimum atomic E-state index is 0.594. The van der Waals surface area contributed by atoms with Crippen molar-refractivity contribution in [1.29, 1.82) is 0 Å². The maximum Gasteiger partial charge on any atom is 0.792 e. The fourth-order valence-electron chi connectivity index (χ4n) is 2.79. The molecule has 0 amide bonds. The number of benzene rings is 2. The van der Waals surface area contributed by atoms with E-state index in [1.807, 2.05) is 48.7 Å². The van der Waals surface area contributed by atoms with Gasteiger partial charge in [-0.2, -0.15) is 0 Å². The highest BCUT2D eigenvalue weighted by molar-refractivity contribution is 6.21. The summed E-state index contributed by atoms with van der Waals surface area (Å²) in [6, 6.07) is 16.0. The van der Waals surface area contributed by atoms with Crippen LogP contribution in [0.15, 0.2) is 54.7 Å². The summed E-state index contributed by atoms with van der Waals surface area (Å²) < 4.78 is 14.7. The summed E-state index contributed by atoms with van der Waals surface area (Å²) in [5.41, 5.74) is 3.87. The van der Waals surface area contributed by atoms with Crippen LogP contribution in [-0.4, -0.2) is 23.4 Å². The third kappa shape index (κ3) is 1.91. The van der Waals surface area contributed by atoms with Crippen molar-refractivity contribution in [3.63, 3.8) is 0 Å². The highest BCUT2D eigenvalue weighted by Crippen LogP contribution is 2.28. The molecule has 0 atom stereocenters. The molecule has 1 aliphatic heterocycles. The molecule has 0 aliphatic carbocycles. The zero-order chi connectivity index (χ0) is 14.2. The van der Waals surface area contributed by atoms with E-state index in [1.165, 1.54) is 4.49 Å². The number of aromatic nitrogens is 1. The Morgan fingerprint density at radius 2 is 1.86 bits per heavy atom. The molecule has 0 fully saturated rings. The number of nitrogens with one attached hydrogen (secondary N) is 1. The van der Waals surface area contributed by atoms with E-state index >= 15 is 0 Å². The smallest absolute Gasteiger partial charge is 0.360 e. The molecule has 0 unspecified atom stereocenters. The lowest BCUT2D eigenvalue weighted by Crippen LogP contribution is -2.07.